The fourth-order valence-electron chi connectivity index (χ4n) is 3.54. The molecule has 3 rings (SSSR count). The normalized spacial score (nSPS) is 19.6. The highest BCUT2D eigenvalue weighted by molar-refractivity contribution is 5.59. The number of nitrogens with one attached hydrogen (secondary N) is 1. The Balaban J connectivity index is 1.95. The lowest BCUT2D eigenvalue weighted by molar-refractivity contribution is 0.415. The summed E-state index contributed by atoms with van der Waals surface area (Å²) in [5, 5.41) is 3.26. The Morgan fingerprint density at radius 3 is 2.38 bits per heavy atom. The maximum atomic E-state index is 4.96. The van der Waals surface area contributed by atoms with Crippen LogP contribution in [0, 0.1) is 6.92 Å². The number of hydrogen-bond donors (Lipinski definition) is 1. The summed E-state index contributed by atoms with van der Waals surface area (Å²) in [7, 11) is 1.96. The quantitative estimate of drug-likeness (QED) is 0.893. The number of rotatable bonds is 5. The van der Waals surface area contributed by atoms with Gasteiger partial charge < -0.3 is 10.2 Å². The molecular weight excluding hydrogens is 260 g/mol. The van der Waals surface area contributed by atoms with Gasteiger partial charge in [-0.3, -0.25) is 0 Å². The average molecular weight is 288 g/mol. The molecule has 2 aliphatic carbocycles. The summed E-state index contributed by atoms with van der Waals surface area (Å²) in [6.45, 7) is 5.45. The van der Waals surface area contributed by atoms with Crippen LogP contribution in [-0.2, 0) is 0 Å². The van der Waals surface area contributed by atoms with Gasteiger partial charge in [0.1, 0.15) is 17.5 Å². The van der Waals surface area contributed by atoms with Gasteiger partial charge in [-0.15, -0.1) is 0 Å². The van der Waals surface area contributed by atoms with E-state index < -0.39 is 0 Å². The molecule has 0 radical (unpaired) electrons. The molecule has 1 heterocycles. The second-order valence-corrected chi connectivity index (χ2v) is 6.48. The molecule has 0 aliphatic heterocycles. The van der Waals surface area contributed by atoms with Crippen molar-refractivity contribution in [3.63, 3.8) is 0 Å². The van der Waals surface area contributed by atoms with Gasteiger partial charge in [0.25, 0.3) is 0 Å². The molecule has 1 aromatic rings. The van der Waals surface area contributed by atoms with Crippen molar-refractivity contribution in [3.05, 3.63) is 11.4 Å². The van der Waals surface area contributed by atoms with Crippen molar-refractivity contribution in [2.24, 2.45) is 0 Å². The third-order valence-electron chi connectivity index (χ3n) is 4.94. The maximum absolute atomic E-state index is 4.96. The van der Waals surface area contributed by atoms with Crippen molar-refractivity contribution in [3.8, 4) is 0 Å². The first kappa shape index (κ1) is 14.6. The molecule has 0 atom stereocenters. The molecule has 0 aromatic carbocycles. The van der Waals surface area contributed by atoms with E-state index in [0.717, 1.165) is 18.2 Å². The highest BCUT2D eigenvalue weighted by Crippen LogP contribution is 2.40. The van der Waals surface area contributed by atoms with Gasteiger partial charge >= 0.3 is 0 Å². The van der Waals surface area contributed by atoms with Crippen LogP contribution in [0.2, 0.25) is 0 Å². The second-order valence-electron chi connectivity index (χ2n) is 6.48. The number of anilines is 2. The average Bonchev–Trinajstić information content (AvgIpc) is 3.35. The minimum atomic E-state index is 0.599. The Labute approximate surface area is 128 Å². The number of nitrogens with zero attached hydrogens (tertiary/aromatic N) is 3. The summed E-state index contributed by atoms with van der Waals surface area (Å²) >= 11 is 0. The Morgan fingerprint density at radius 1 is 1.10 bits per heavy atom. The summed E-state index contributed by atoms with van der Waals surface area (Å²) in [4.78, 5) is 12.2. The van der Waals surface area contributed by atoms with Gasteiger partial charge in [0.2, 0.25) is 0 Å². The largest absolute Gasteiger partial charge is 0.373 e. The van der Waals surface area contributed by atoms with Crippen LogP contribution in [0.1, 0.15) is 69.2 Å². The molecule has 0 unspecified atom stereocenters. The van der Waals surface area contributed by atoms with E-state index in [-0.39, 0.29) is 0 Å². The number of aromatic nitrogens is 2. The van der Waals surface area contributed by atoms with Crippen molar-refractivity contribution < 1.29 is 0 Å². The van der Waals surface area contributed by atoms with Crippen molar-refractivity contribution in [2.45, 2.75) is 70.8 Å². The first-order valence-electron chi connectivity index (χ1n) is 8.57. The zero-order valence-electron chi connectivity index (χ0n) is 13.7. The Bertz CT molecular complexity index is 490. The van der Waals surface area contributed by atoms with Crippen LogP contribution in [0.5, 0.6) is 0 Å². The van der Waals surface area contributed by atoms with Crippen LogP contribution in [0.15, 0.2) is 0 Å². The number of hydrogen-bond acceptors (Lipinski definition) is 4. The predicted octanol–water partition coefficient (Wildman–Crippen LogP) is 3.86. The molecule has 2 saturated carbocycles. The highest BCUT2D eigenvalue weighted by atomic mass is 15.2. The molecule has 4 heteroatoms. The van der Waals surface area contributed by atoms with Crippen LogP contribution in [0.25, 0.3) is 0 Å². The molecule has 4 nitrogen and oxygen atoms in total. The maximum Gasteiger partial charge on any atom is 0.137 e. The topological polar surface area (TPSA) is 41.1 Å². The second kappa shape index (κ2) is 6.20. The predicted molar refractivity (Wildman–Crippen MR) is 88.2 cm³/mol. The van der Waals surface area contributed by atoms with E-state index in [1.807, 2.05) is 7.05 Å². The monoisotopic (exact) mass is 288 g/mol. The molecule has 0 saturated heterocycles. The van der Waals surface area contributed by atoms with Crippen molar-refractivity contribution in [1.82, 2.24) is 9.97 Å². The molecule has 2 fully saturated rings. The molecular formula is C17H28N4. The van der Waals surface area contributed by atoms with Gasteiger partial charge in [-0.05, 0) is 39.5 Å². The van der Waals surface area contributed by atoms with E-state index in [0.29, 0.717) is 12.0 Å². The smallest absolute Gasteiger partial charge is 0.137 e. The SMILES string of the molecule is CCN(c1nc(C2CC2)nc(NC)c1C)C1CCCCC1. The van der Waals surface area contributed by atoms with Gasteiger partial charge in [0.05, 0.1) is 0 Å². The van der Waals surface area contributed by atoms with E-state index in [4.69, 9.17) is 9.97 Å². The molecule has 1 aromatic heterocycles. The van der Waals surface area contributed by atoms with E-state index in [1.165, 1.54) is 56.3 Å². The van der Waals surface area contributed by atoms with E-state index in [9.17, 15) is 0 Å². The molecule has 116 valence electrons. The fraction of sp³-hybridized carbons (Fsp3) is 0.765. The van der Waals surface area contributed by atoms with E-state index in [2.05, 4.69) is 24.1 Å². The summed E-state index contributed by atoms with van der Waals surface area (Å²) in [6.07, 6.45) is 9.24. The van der Waals surface area contributed by atoms with Crippen LogP contribution in [0.4, 0.5) is 11.6 Å². The molecule has 2 aliphatic rings. The van der Waals surface area contributed by atoms with Gasteiger partial charge in [-0.1, -0.05) is 19.3 Å². The van der Waals surface area contributed by atoms with Crippen LogP contribution in [-0.4, -0.2) is 29.6 Å². The van der Waals surface area contributed by atoms with Crippen LogP contribution in [0.3, 0.4) is 0 Å². The fourth-order valence-corrected chi connectivity index (χ4v) is 3.54. The van der Waals surface area contributed by atoms with Crippen LogP contribution < -0.4 is 10.2 Å². The van der Waals surface area contributed by atoms with Gasteiger partial charge in [0, 0.05) is 31.1 Å². The molecule has 0 spiro atoms. The summed E-state index contributed by atoms with van der Waals surface area (Å²) < 4.78 is 0. The minimum Gasteiger partial charge on any atom is -0.373 e. The lowest BCUT2D eigenvalue weighted by Crippen LogP contribution is -2.38. The zero-order valence-corrected chi connectivity index (χ0v) is 13.7. The Morgan fingerprint density at radius 2 is 1.81 bits per heavy atom. The Hall–Kier alpha value is -1.32. The van der Waals surface area contributed by atoms with E-state index in [1.54, 1.807) is 0 Å². The third kappa shape index (κ3) is 2.99. The summed E-state index contributed by atoms with van der Waals surface area (Å²) in [6, 6.07) is 0.661. The molecule has 0 amide bonds. The lowest BCUT2D eigenvalue weighted by atomic mass is 9.94. The molecule has 0 bridgehead atoms. The summed E-state index contributed by atoms with van der Waals surface area (Å²) in [5.74, 6) is 3.83. The van der Waals surface area contributed by atoms with Crippen LogP contribution >= 0.6 is 0 Å². The first-order valence-corrected chi connectivity index (χ1v) is 8.57. The van der Waals surface area contributed by atoms with Gasteiger partial charge in [0.15, 0.2) is 0 Å². The zero-order chi connectivity index (χ0) is 14.8. The van der Waals surface area contributed by atoms with Gasteiger partial charge in [-0.2, -0.15) is 0 Å². The third-order valence-corrected chi connectivity index (χ3v) is 4.94. The van der Waals surface area contributed by atoms with E-state index >= 15 is 0 Å². The molecule has 21 heavy (non-hydrogen) atoms. The van der Waals surface area contributed by atoms with Crippen molar-refractivity contribution in [1.29, 1.82) is 0 Å². The van der Waals surface area contributed by atoms with Crippen molar-refractivity contribution >= 4 is 11.6 Å². The summed E-state index contributed by atoms with van der Waals surface area (Å²) in [5.41, 5.74) is 1.20. The van der Waals surface area contributed by atoms with Crippen molar-refractivity contribution in [2.75, 3.05) is 23.8 Å². The minimum absolute atomic E-state index is 0.599. The molecule has 1 N–H and O–H groups in total. The van der Waals surface area contributed by atoms with Gasteiger partial charge in [-0.25, -0.2) is 9.97 Å². The standard InChI is InChI=1S/C17H28N4/c1-4-21(14-8-6-5-7-9-14)17-12(2)15(18-3)19-16(20-17)13-10-11-13/h13-14H,4-11H2,1-3H3,(H,18,19,20). The highest BCUT2D eigenvalue weighted by Gasteiger charge is 2.30. The first-order chi connectivity index (χ1) is 10.2. The lowest BCUT2D eigenvalue weighted by Gasteiger charge is -2.35. The Kier molecular flexibility index (Phi) is 4.32.